The maximum absolute atomic E-state index is 11.2. The molecule has 1 aromatic heterocycles. The maximum atomic E-state index is 11.2. The molecule has 0 radical (unpaired) electrons. The van der Waals surface area contributed by atoms with Crippen molar-refractivity contribution in [2.75, 3.05) is 12.4 Å². The van der Waals surface area contributed by atoms with E-state index in [9.17, 15) is 4.79 Å². The van der Waals surface area contributed by atoms with Gasteiger partial charge in [-0.1, -0.05) is 0 Å². The van der Waals surface area contributed by atoms with Gasteiger partial charge in [0.25, 0.3) is 0 Å². The molecule has 0 aliphatic carbocycles. The summed E-state index contributed by atoms with van der Waals surface area (Å²) in [5, 5.41) is 16.4. The highest BCUT2D eigenvalue weighted by atomic mass is 32.1. The zero-order valence-corrected chi connectivity index (χ0v) is 11.6. The summed E-state index contributed by atoms with van der Waals surface area (Å²) in [5.41, 5.74) is 3.19. The Labute approximate surface area is 115 Å². The van der Waals surface area contributed by atoms with Crippen LogP contribution in [0.4, 0.5) is 5.69 Å². The Kier molecular flexibility index (Phi) is 4.06. The Morgan fingerprint density at radius 2 is 2.21 bits per heavy atom. The molecule has 19 heavy (non-hydrogen) atoms. The molecule has 1 aromatic carbocycles. The molecular weight excluding hydrogens is 262 g/mol. The molecule has 2 rings (SSSR count). The molecule has 0 saturated heterocycles. The van der Waals surface area contributed by atoms with Crippen LogP contribution >= 0.6 is 11.3 Å². The van der Waals surface area contributed by atoms with Crippen LogP contribution in [0.2, 0.25) is 0 Å². The van der Waals surface area contributed by atoms with E-state index in [4.69, 9.17) is 9.84 Å². The third-order valence-electron chi connectivity index (χ3n) is 2.89. The zero-order chi connectivity index (χ0) is 13.8. The molecule has 4 nitrogen and oxygen atoms in total. The first-order valence-electron chi connectivity index (χ1n) is 5.78. The lowest BCUT2D eigenvalue weighted by Gasteiger charge is -2.11. The first-order chi connectivity index (χ1) is 9.11. The number of hydrogen-bond acceptors (Lipinski definition) is 4. The Bertz CT molecular complexity index is 592. The van der Waals surface area contributed by atoms with E-state index >= 15 is 0 Å². The molecule has 0 spiro atoms. The Morgan fingerprint density at radius 3 is 2.79 bits per heavy atom. The van der Waals surface area contributed by atoms with E-state index in [-0.39, 0.29) is 5.56 Å². The van der Waals surface area contributed by atoms with E-state index in [0.29, 0.717) is 18.0 Å². The van der Waals surface area contributed by atoms with E-state index in [0.717, 1.165) is 0 Å². The van der Waals surface area contributed by atoms with Crippen LogP contribution < -0.4 is 10.1 Å². The van der Waals surface area contributed by atoms with Gasteiger partial charge in [0, 0.05) is 12.6 Å². The van der Waals surface area contributed by atoms with Gasteiger partial charge in [0.15, 0.2) is 0 Å². The monoisotopic (exact) mass is 277 g/mol. The molecule has 5 heteroatoms. The highest BCUT2D eigenvalue weighted by Gasteiger charge is 2.11. The quantitative estimate of drug-likeness (QED) is 0.879. The van der Waals surface area contributed by atoms with Crippen molar-refractivity contribution in [2.24, 2.45) is 0 Å². The molecular formula is C14H15NO3S. The second-order valence-corrected chi connectivity index (χ2v) is 4.89. The summed E-state index contributed by atoms with van der Waals surface area (Å²) in [6.07, 6.45) is 0. The number of methoxy groups -OCH3 is 1. The summed E-state index contributed by atoms with van der Waals surface area (Å²) in [6, 6.07) is 4.89. The fraction of sp³-hybridized carbons (Fsp3) is 0.214. The Hall–Kier alpha value is -2.01. The third kappa shape index (κ3) is 3.06. The summed E-state index contributed by atoms with van der Waals surface area (Å²) >= 11 is 1.64. The van der Waals surface area contributed by atoms with Crippen LogP contribution in [0.3, 0.4) is 0 Å². The van der Waals surface area contributed by atoms with Gasteiger partial charge in [-0.2, -0.15) is 11.3 Å². The molecule has 0 atom stereocenters. The van der Waals surface area contributed by atoms with E-state index in [2.05, 4.69) is 16.1 Å². The molecule has 0 saturated carbocycles. The van der Waals surface area contributed by atoms with E-state index in [1.54, 1.807) is 36.6 Å². The second-order valence-electron chi connectivity index (χ2n) is 4.15. The second kappa shape index (κ2) is 5.75. The summed E-state index contributed by atoms with van der Waals surface area (Å²) < 4.78 is 5.12. The predicted octanol–water partition coefficient (Wildman–Crippen LogP) is 3.38. The minimum absolute atomic E-state index is 0.244. The van der Waals surface area contributed by atoms with Crippen LogP contribution in [0.15, 0.2) is 29.0 Å². The molecule has 2 N–H and O–H groups in total. The standard InChI is InChI=1S/C14H15NO3S/c1-9-7-19-8-10(9)6-15-13-5-11(18-2)3-4-12(13)14(16)17/h3-5,7-8,15H,6H2,1-2H3,(H,16,17). The lowest BCUT2D eigenvalue weighted by atomic mass is 10.1. The molecule has 0 amide bonds. The number of carboxylic acids is 1. The first-order valence-corrected chi connectivity index (χ1v) is 6.73. The summed E-state index contributed by atoms with van der Waals surface area (Å²) in [7, 11) is 1.56. The number of carbonyl (C=O) groups is 1. The van der Waals surface area contributed by atoms with Crippen LogP contribution in [-0.4, -0.2) is 18.2 Å². The number of thiophene rings is 1. The molecule has 0 bridgehead atoms. The highest BCUT2D eigenvalue weighted by Crippen LogP contribution is 2.24. The van der Waals surface area contributed by atoms with Gasteiger partial charge in [0.1, 0.15) is 5.75 Å². The van der Waals surface area contributed by atoms with E-state index in [1.165, 1.54) is 11.1 Å². The average Bonchev–Trinajstić information content (AvgIpc) is 2.81. The fourth-order valence-corrected chi connectivity index (χ4v) is 2.60. The zero-order valence-electron chi connectivity index (χ0n) is 10.8. The van der Waals surface area contributed by atoms with Gasteiger partial charge in [-0.3, -0.25) is 0 Å². The smallest absolute Gasteiger partial charge is 0.337 e. The number of benzene rings is 1. The minimum Gasteiger partial charge on any atom is -0.497 e. The van der Waals surface area contributed by atoms with Crippen molar-refractivity contribution in [1.82, 2.24) is 0 Å². The number of carboxylic acid groups (broad SMARTS) is 1. The molecule has 0 aliphatic rings. The van der Waals surface area contributed by atoms with Crippen molar-refractivity contribution in [1.29, 1.82) is 0 Å². The van der Waals surface area contributed by atoms with Crippen molar-refractivity contribution in [2.45, 2.75) is 13.5 Å². The van der Waals surface area contributed by atoms with Gasteiger partial charge in [-0.25, -0.2) is 4.79 Å². The van der Waals surface area contributed by atoms with Crippen molar-refractivity contribution in [3.05, 3.63) is 45.6 Å². The van der Waals surface area contributed by atoms with Crippen molar-refractivity contribution < 1.29 is 14.6 Å². The van der Waals surface area contributed by atoms with Crippen LogP contribution in [-0.2, 0) is 6.54 Å². The number of ether oxygens (including phenoxy) is 1. The first kappa shape index (κ1) is 13.4. The Balaban J connectivity index is 2.22. The van der Waals surface area contributed by atoms with Gasteiger partial charge in [-0.15, -0.1) is 0 Å². The van der Waals surface area contributed by atoms with E-state index in [1.807, 2.05) is 6.92 Å². The molecule has 2 aromatic rings. The van der Waals surface area contributed by atoms with Gasteiger partial charge in [0.2, 0.25) is 0 Å². The average molecular weight is 277 g/mol. The molecule has 0 fully saturated rings. The summed E-state index contributed by atoms with van der Waals surface area (Å²) in [4.78, 5) is 11.2. The number of anilines is 1. The maximum Gasteiger partial charge on any atom is 0.337 e. The van der Waals surface area contributed by atoms with Crippen LogP contribution in [0.1, 0.15) is 21.5 Å². The highest BCUT2D eigenvalue weighted by molar-refractivity contribution is 7.08. The topological polar surface area (TPSA) is 58.6 Å². The van der Waals surface area contributed by atoms with Gasteiger partial charge >= 0.3 is 5.97 Å². The number of nitrogens with one attached hydrogen (secondary N) is 1. The lowest BCUT2D eigenvalue weighted by molar-refractivity contribution is 0.0698. The molecule has 100 valence electrons. The van der Waals surface area contributed by atoms with Crippen molar-refractivity contribution in [3.8, 4) is 5.75 Å². The van der Waals surface area contributed by atoms with Crippen LogP contribution in [0.25, 0.3) is 0 Å². The molecule has 0 unspecified atom stereocenters. The molecule has 0 aliphatic heterocycles. The van der Waals surface area contributed by atoms with Crippen LogP contribution in [0.5, 0.6) is 5.75 Å². The van der Waals surface area contributed by atoms with Crippen LogP contribution in [0, 0.1) is 6.92 Å². The minimum atomic E-state index is -0.952. The van der Waals surface area contributed by atoms with Gasteiger partial charge in [-0.05, 0) is 40.9 Å². The van der Waals surface area contributed by atoms with Crippen molar-refractivity contribution in [3.63, 3.8) is 0 Å². The lowest BCUT2D eigenvalue weighted by Crippen LogP contribution is -2.06. The number of aryl methyl sites for hydroxylation is 1. The normalized spacial score (nSPS) is 10.2. The Morgan fingerprint density at radius 1 is 1.42 bits per heavy atom. The summed E-state index contributed by atoms with van der Waals surface area (Å²) in [5.74, 6) is -0.318. The third-order valence-corrected chi connectivity index (χ3v) is 3.80. The predicted molar refractivity (Wildman–Crippen MR) is 76.3 cm³/mol. The van der Waals surface area contributed by atoms with E-state index < -0.39 is 5.97 Å². The fourth-order valence-electron chi connectivity index (χ4n) is 1.74. The molecule has 1 heterocycles. The largest absolute Gasteiger partial charge is 0.497 e. The number of aromatic carboxylic acids is 1. The van der Waals surface area contributed by atoms with Gasteiger partial charge in [0.05, 0.1) is 18.4 Å². The summed E-state index contributed by atoms with van der Waals surface area (Å²) in [6.45, 7) is 2.64. The SMILES string of the molecule is COc1ccc(C(=O)O)c(NCc2cscc2C)c1. The number of rotatable bonds is 5. The van der Waals surface area contributed by atoms with Crippen molar-refractivity contribution >= 4 is 23.0 Å². The number of hydrogen-bond donors (Lipinski definition) is 2. The van der Waals surface area contributed by atoms with Gasteiger partial charge < -0.3 is 15.2 Å².